The molecule has 0 bridgehead atoms. The standard InChI is InChI=1S/C9H10BrN5/c1-6-3-4-15(14-6)9-7(10)8(11-2)12-5-13-9/h3-5H,1-2H3,(H,11,12,13). The van der Waals surface area contributed by atoms with Gasteiger partial charge < -0.3 is 5.32 Å². The zero-order valence-electron chi connectivity index (χ0n) is 8.40. The molecule has 2 rings (SSSR count). The predicted molar refractivity (Wildman–Crippen MR) is 61.1 cm³/mol. The van der Waals surface area contributed by atoms with Gasteiger partial charge in [-0.25, -0.2) is 14.6 Å². The SMILES string of the molecule is CNc1ncnc(-n2ccc(C)n2)c1Br. The van der Waals surface area contributed by atoms with Crippen LogP contribution >= 0.6 is 15.9 Å². The first-order valence-corrected chi connectivity index (χ1v) is 5.22. The van der Waals surface area contributed by atoms with Gasteiger partial charge in [0.15, 0.2) is 5.82 Å². The molecule has 78 valence electrons. The largest absolute Gasteiger partial charge is 0.372 e. The van der Waals surface area contributed by atoms with E-state index >= 15 is 0 Å². The number of anilines is 1. The van der Waals surface area contributed by atoms with Gasteiger partial charge in [-0.15, -0.1) is 0 Å². The lowest BCUT2D eigenvalue weighted by Crippen LogP contribution is -2.03. The van der Waals surface area contributed by atoms with Gasteiger partial charge in [0.1, 0.15) is 16.6 Å². The Morgan fingerprint density at radius 2 is 2.20 bits per heavy atom. The zero-order valence-corrected chi connectivity index (χ0v) is 9.98. The topological polar surface area (TPSA) is 55.6 Å². The minimum atomic E-state index is 0.724. The van der Waals surface area contributed by atoms with Gasteiger partial charge in [-0.2, -0.15) is 5.10 Å². The molecule has 6 heteroatoms. The number of halogens is 1. The molecule has 0 amide bonds. The van der Waals surface area contributed by atoms with Crippen LogP contribution in [0.15, 0.2) is 23.1 Å². The second-order valence-electron chi connectivity index (χ2n) is 3.01. The van der Waals surface area contributed by atoms with E-state index in [4.69, 9.17) is 0 Å². The molecular weight excluding hydrogens is 258 g/mol. The molecule has 0 atom stereocenters. The van der Waals surface area contributed by atoms with Crippen LogP contribution in [0.2, 0.25) is 0 Å². The average Bonchev–Trinajstić information content (AvgIpc) is 2.65. The molecule has 5 nitrogen and oxygen atoms in total. The maximum Gasteiger partial charge on any atom is 0.173 e. The molecule has 15 heavy (non-hydrogen) atoms. The summed E-state index contributed by atoms with van der Waals surface area (Å²) in [5.74, 6) is 1.47. The van der Waals surface area contributed by atoms with E-state index in [-0.39, 0.29) is 0 Å². The highest BCUT2D eigenvalue weighted by atomic mass is 79.9. The van der Waals surface area contributed by atoms with Crippen molar-refractivity contribution < 1.29 is 0 Å². The summed E-state index contributed by atoms with van der Waals surface area (Å²) < 4.78 is 2.51. The summed E-state index contributed by atoms with van der Waals surface area (Å²) >= 11 is 3.44. The van der Waals surface area contributed by atoms with Crippen LogP contribution in [0.5, 0.6) is 0 Å². The molecule has 1 N–H and O–H groups in total. The van der Waals surface area contributed by atoms with Gasteiger partial charge in [-0.05, 0) is 28.9 Å². The molecule has 0 aliphatic heterocycles. The maximum absolute atomic E-state index is 4.29. The third-order valence-corrected chi connectivity index (χ3v) is 2.68. The molecular formula is C9H10BrN5. The minimum Gasteiger partial charge on any atom is -0.372 e. The molecule has 0 radical (unpaired) electrons. The maximum atomic E-state index is 4.29. The van der Waals surface area contributed by atoms with Crippen molar-refractivity contribution in [2.75, 3.05) is 12.4 Å². The first-order chi connectivity index (χ1) is 7.22. The molecule has 0 fully saturated rings. The van der Waals surface area contributed by atoms with E-state index in [0.717, 1.165) is 21.8 Å². The van der Waals surface area contributed by atoms with Crippen LogP contribution in [-0.2, 0) is 0 Å². The Morgan fingerprint density at radius 1 is 1.40 bits per heavy atom. The Hall–Kier alpha value is -1.43. The summed E-state index contributed by atoms with van der Waals surface area (Å²) in [5, 5.41) is 7.26. The third kappa shape index (κ3) is 1.85. The summed E-state index contributed by atoms with van der Waals surface area (Å²) in [5.41, 5.74) is 0.950. The lowest BCUT2D eigenvalue weighted by molar-refractivity contribution is 0.821. The van der Waals surface area contributed by atoms with Crippen molar-refractivity contribution in [1.29, 1.82) is 0 Å². The van der Waals surface area contributed by atoms with E-state index in [9.17, 15) is 0 Å². The lowest BCUT2D eigenvalue weighted by Gasteiger charge is -2.06. The quantitative estimate of drug-likeness (QED) is 0.901. The molecule has 0 saturated carbocycles. The highest BCUT2D eigenvalue weighted by molar-refractivity contribution is 9.10. The molecule has 2 heterocycles. The summed E-state index contributed by atoms with van der Waals surface area (Å²) in [6, 6.07) is 1.92. The number of hydrogen-bond acceptors (Lipinski definition) is 4. The second kappa shape index (κ2) is 3.98. The van der Waals surface area contributed by atoms with E-state index in [1.54, 1.807) is 4.68 Å². The van der Waals surface area contributed by atoms with E-state index in [0.29, 0.717) is 0 Å². The van der Waals surface area contributed by atoms with E-state index in [1.807, 2.05) is 26.2 Å². The van der Waals surface area contributed by atoms with Crippen LogP contribution in [0.3, 0.4) is 0 Å². The number of nitrogens with one attached hydrogen (secondary N) is 1. The van der Waals surface area contributed by atoms with Gasteiger partial charge in [-0.1, -0.05) is 0 Å². The summed E-state index contributed by atoms with van der Waals surface area (Å²) in [6.45, 7) is 1.94. The first-order valence-electron chi connectivity index (χ1n) is 4.43. The highest BCUT2D eigenvalue weighted by Gasteiger charge is 2.09. The Labute approximate surface area is 95.7 Å². The van der Waals surface area contributed by atoms with Crippen LogP contribution < -0.4 is 5.32 Å². The Bertz CT molecular complexity index is 479. The summed E-state index contributed by atoms with van der Waals surface area (Å²) in [4.78, 5) is 8.25. The lowest BCUT2D eigenvalue weighted by atomic mass is 10.5. The van der Waals surface area contributed by atoms with E-state index in [1.165, 1.54) is 6.33 Å². The predicted octanol–water partition coefficient (Wildman–Crippen LogP) is 1.77. The fourth-order valence-corrected chi connectivity index (χ4v) is 1.81. The summed E-state index contributed by atoms with van der Waals surface area (Å²) in [7, 11) is 1.81. The smallest absolute Gasteiger partial charge is 0.173 e. The van der Waals surface area contributed by atoms with Crippen LogP contribution in [0.1, 0.15) is 5.69 Å². The van der Waals surface area contributed by atoms with Crippen molar-refractivity contribution in [2.45, 2.75) is 6.92 Å². The Balaban J connectivity index is 2.53. The van der Waals surface area contributed by atoms with Gasteiger partial charge in [-0.3, -0.25) is 0 Å². The van der Waals surface area contributed by atoms with E-state index in [2.05, 4.69) is 36.3 Å². The normalized spacial score (nSPS) is 10.3. The second-order valence-corrected chi connectivity index (χ2v) is 3.80. The number of aryl methyl sites for hydroxylation is 1. The Kier molecular flexibility index (Phi) is 2.68. The number of aromatic nitrogens is 4. The first kappa shape index (κ1) is 10.1. The fraction of sp³-hybridized carbons (Fsp3) is 0.222. The molecule has 0 aliphatic rings. The van der Waals surface area contributed by atoms with Crippen molar-refractivity contribution in [3.05, 3.63) is 28.8 Å². The molecule has 0 spiro atoms. The van der Waals surface area contributed by atoms with Gasteiger partial charge in [0, 0.05) is 13.2 Å². The fourth-order valence-electron chi connectivity index (χ4n) is 1.23. The van der Waals surface area contributed by atoms with Gasteiger partial charge in [0.25, 0.3) is 0 Å². The van der Waals surface area contributed by atoms with Crippen LogP contribution in [0.4, 0.5) is 5.82 Å². The van der Waals surface area contributed by atoms with Crippen molar-refractivity contribution in [3.63, 3.8) is 0 Å². The molecule has 0 saturated heterocycles. The van der Waals surface area contributed by atoms with E-state index < -0.39 is 0 Å². The average molecular weight is 268 g/mol. The third-order valence-electron chi connectivity index (χ3n) is 1.95. The number of hydrogen-bond donors (Lipinski definition) is 1. The van der Waals surface area contributed by atoms with Gasteiger partial charge in [0.2, 0.25) is 0 Å². The van der Waals surface area contributed by atoms with Gasteiger partial charge in [0.05, 0.1) is 5.69 Å². The molecule has 2 aromatic heterocycles. The van der Waals surface area contributed by atoms with Crippen molar-refractivity contribution in [1.82, 2.24) is 19.7 Å². The molecule has 0 aliphatic carbocycles. The van der Waals surface area contributed by atoms with Gasteiger partial charge >= 0.3 is 0 Å². The summed E-state index contributed by atoms with van der Waals surface area (Å²) in [6.07, 6.45) is 3.37. The molecule has 0 aromatic carbocycles. The molecule has 0 unspecified atom stereocenters. The van der Waals surface area contributed by atoms with Crippen molar-refractivity contribution in [2.24, 2.45) is 0 Å². The van der Waals surface area contributed by atoms with Crippen molar-refractivity contribution >= 4 is 21.7 Å². The monoisotopic (exact) mass is 267 g/mol. The number of nitrogens with zero attached hydrogens (tertiary/aromatic N) is 4. The van der Waals surface area contributed by atoms with Crippen LogP contribution in [0.25, 0.3) is 5.82 Å². The van der Waals surface area contributed by atoms with Crippen LogP contribution in [0, 0.1) is 6.92 Å². The minimum absolute atomic E-state index is 0.724. The number of rotatable bonds is 2. The highest BCUT2D eigenvalue weighted by Crippen LogP contribution is 2.24. The van der Waals surface area contributed by atoms with Crippen molar-refractivity contribution in [3.8, 4) is 5.82 Å². The zero-order chi connectivity index (χ0) is 10.8. The molecule has 2 aromatic rings. The van der Waals surface area contributed by atoms with Crippen LogP contribution in [-0.4, -0.2) is 26.8 Å². The Morgan fingerprint density at radius 3 is 2.80 bits per heavy atom.